The number of likely N-dealkylation sites (tertiary alicyclic amines) is 1. The number of hydrogen-bond acceptors (Lipinski definition) is 2. The maximum atomic E-state index is 11.7. The van der Waals surface area contributed by atoms with Gasteiger partial charge in [0.15, 0.2) is 0 Å². The number of aromatic nitrogens is 2. The van der Waals surface area contributed by atoms with E-state index >= 15 is 0 Å². The van der Waals surface area contributed by atoms with E-state index in [1.54, 1.807) is 0 Å². The molecule has 1 amide bonds. The van der Waals surface area contributed by atoms with Crippen LogP contribution >= 0.6 is 0 Å². The van der Waals surface area contributed by atoms with E-state index in [4.69, 9.17) is 0 Å². The standard InChI is InChI=1S/C16H21N3O/c1-2-16(20)18-9-7-13(8-10-18)11-19-12-17-14-5-3-4-6-15(14)19/h3-6,12-13H,2,7-11H2,1H3. The lowest BCUT2D eigenvalue weighted by molar-refractivity contribution is -0.132. The van der Waals surface area contributed by atoms with Crippen LogP contribution in [0.2, 0.25) is 0 Å². The van der Waals surface area contributed by atoms with E-state index in [1.807, 2.05) is 30.3 Å². The highest BCUT2D eigenvalue weighted by molar-refractivity contribution is 5.76. The topological polar surface area (TPSA) is 38.1 Å². The number of hydrogen-bond donors (Lipinski definition) is 0. The van der Waals surface area contributed by atoms with Crippen molar-refractivity contribution in [2.75, 3.05) is 13.1 Å². The van der Waals surface area contributed by atoms with Crippen LogP contribution in [0.1, 0.15) is 26.2 Å². The van der Waals surface area contributed by atoms with Crippen LogP contribution in [0.4, 0.5) is 0 Å². The van der Waals surface area contributed by atoms with Crippen molar-refractivity contribution in [1.82, 2.24) is 14.5 Å². The molecular formula is C16H21N3O. The van der Waals surface area contributed by atoms with E-state index in [-0.39, 0.29) is 5.91 Å². The zero-order chi connectivity index (χ0) is 13.9. The number of amides is 1. The van der Waals surface area contributed by atoms with Crippen LogP contribution in [0.15, 0.2) is 30.6 Å². The Morgan fingerprint density at radius 2 is 2.05 bits per heavy atom. The van der Waals surface area contributed by atoms with Gasteiger partial charge in [-0.15, -0.1) is 0 Å². The van der Waals surface area contributed by atoms with E-state index < -0.39 is 0 Å². The minimum absolute atomic E-state index is 0.288. The molecule has 1 aliphatic rings. The second-order valence-electron chi connectivity index (χ2n) is 5.56. The average Bonchev–Trinajstić information content (AvgIpc) is 2.91. The first-order chi connectivity index (χ1) is 9.78. The van der Waals surface area contributed by atoms with Gasteiger partial charge in [-0.05, 0) is 30.9 Å². The monoisotopic (exact) mass is 271 g/mol. The Morgan fingerprint density at radius 1 is 1.30 bits per heavy atom. The summed E-state index contributed by atoms with van der Waals surface area (Å²) >= 11 is 0. The molecule has 0 saturated carbocycles. The third kappa shape index (κ3) is 2.55. The predicted molar refractivity (Wildman–Crippen MR) is 79.3 cm³/mol. The molecule has 0 spiro atoms. The van der Waals surface area contributed by atoms with Gasteiger partial charge in [0, 0.05) is 26.1 Å². The van der Waals surface area contributed by atoms with Gasteiger partial charge >= 0.3 is 0 Å². The molecule has 20 heavy (non-hydrogen) atoms. The lowest BCUT2D eigenvalue weighted by Crippen LogP contribution is -2.38. The summed E-state index contributed by atoms with van der Waals surface area (Å²) in [7, 11) is 0. The maximum absolute atomic E-state index is 11.7. The summed E-state index contributed by atoms with van der Waals surface area (Å²) in [5, 5.41) is 0. The van der Waals surface area contributed by atoms with Crippen LogP contribution in [0.25, 0.3) is 11.0 Å². The molecule has 2 aromatic rings. The van der Waals surface area contributed by atoms with Crippen molar-refractivity contribution in [3.05, 3.63) is 30.6 Å². The Hall–Kier alpha value is -1.84. The fourth-order valence-corrected chi connectivity index (χ4v) is 3.02. The third-order valence-electron chi connectivity index (χ3n) is 4.25. The Labute approximate surface area is 119 Å². The van der Waals surface area contributed by atoms with E-state index in [2.05, 4.69) is 21.7 Å². The van der Waals surface area contributed by atoms with Crippen LogP contribution in [0.3, 0.4) is 0 Å². The van der Waals surface area contributed by atoms with Gasteiger partial charge in [0.25, 0.3) is 0 Å². The highest BCUT2D eigenvalue weighted by Gasteiger charge is 2.22. The molecule has 3 rings (SSSR count). The zero-order valence-corrected chi connectivity index (χ0v) is 12.0. The Kier molecular flexibility index (Phi) is 3.72. The van der Waals surface area contributed by atoms with Crippen LogP contribution in [0.5, 0.6) is 0 Å². The van der Waals surface area contributed by atoms with Gasteiger partial charge in [0.2, 0.25) is 5.91 Å². The second kappa shape index (κ2) is 5.65. The fourth-order valence-electron chi connectivity index (χ4n) is 3.02. The number of fused-ring (bicyclic) bond motifs is 1. The number of imidazole rings is 1. The third-order valence-corrected chi connectivity index (χ3v) is 4.25. The van der Waals surface area contributed by atoms with Crippen molar-refractivity contribution in [1.29, 1.82) is 0 Å². The summed E-state index contributed by atoms with van der Waals surface area (Å²) in [6, 6.07) is 8.25. The van der Waals surface area contributed by atoms with Crippen molar-refractivity contribution < 1.29 is 4.79 Å². The average molecular weight is 271 g/mol. The number of carbonyl (C=O) groups is 1. The first-order valence-corrected chi connectivity index (χ1v) is 7.45. The van der Waals surface area contributed by atoms with Crippen LogP contribution in [0, 0.1) is 5.92 Å². The molecule has 1 aromatic heterocycles. The molecule has 0 radical (unpaired) electrons. The Bertz CT molecular complexity index is 597. The largest absolute Gasteiger partial charge is 0.343 e. The summed E-state index contributed by atoms with van der Waals surface area (Å²) in [5.74, 6) is 0.935. The van der Waals surface area contributed by atoms with Crippen molar-refractivity contribution in [3.8, 4) is 0 Å². The molecule has 1 aliphatic heterocycles. The molecule has 1 saturated heterocycles. The van der Waals surface area contributed by atoms with Gasteiger partial charge < -0.3 is 9.47 Å². The van der Waals surface area contributed by atoms with E-state index in [0.29, 0.717) is 12.3 Å². The van der Waals surface area contributed by atoms with E-state index in [1.165, 1.54) is 5.52 Å². The molecular weight excluding hydrogens is 250 g/mol. The molecule has 0 atom stereocenters. The smallest absolute Gasteiger partial charge is 0.222 e. The second-order valence-corrected chi connectivity index (χ2v) is 5.56. The molecule has 1 fully saturated rings. The Balaban J connectivity index is 1.64. The SMILES string of the molecule is CCC(=O)N1CCC(Cn2cnc3ccccc32)CC1. The first-order valence-electron chi connectivity index (χ1n) is 7.45. The number of benzene rings is 1. The van der Waals surface area contributed by atoms with Gasteiger partial charge in [-0.3, -0.25) is 4.79 Å². The number of piperidine rings is 1. The van der Waals surface area contributed by atoms with Crippen LogP contribution in [-0.2, 0) is 11.3 Å². The number of para-hydroxylation sites is 2. The summed E-state index contributed by atoms with van der Waals surface area (Å²) in [6.07, 6.45) is 4.75. The quantitative estimate of drug-likeness (QED) is 0.861. The number of nitrogens with zero attached hydrogens (tertiary/aromatic N) is 3. The lowest BCUT2D eigenvalue weighted by atomic mass is 9.96. The molecule has 4 heteroatoms. The van der Waals surface area contributed by atoms with Crippen molar-refractivity contribution in [2.45, 2.75) is 32.7 Å². The van der Waals surface area contributed by atoms with Gasteiger partial charge in [-0.2, -0.15) is 0 Å². The predicted octanol–water partition coefficient (Wildman–Crippen LogP) is 2.68. The molecule has 0 bridgehead atoms. The molecule has 0 N–H and O–H groups in total. The molecule has 0 aliphatic carbocycles. The zero-order valence-electron chi connectivity index (χ0n) is 12.0. The highest BCUT2D eigenvalue weighted by atomic mass is 16.2. The summed E-state index contributed by atoms with van der Waals surface area (Å²) < 4.78 is 2.25. The number of carbonyl (C=O) groups excluding carboxylic acids is 1. The summed E-state index contributed by atoms with van der Waals surface area (Å²) in [6.45, 7) is 4.76. The summed E-state index contributed by atoms with van der Waals surface area (Å²) in [5.41, 5.74) is 2.27. The molecule has 0 unspecified atom stereocenters. The molecule has 2 heterocycles. The normalized spacial score (nSPS) is 16.8. The van der Waals surface area contributed by atoms with Crippen molar-refractivity contribution in [3.63, 3.8) is 0 Å². The van der Waals surface area contributed by atoms with Crippen molar-refractivity contribution in [2.24, 2.45) is 5.92 Å². The maximum Gasteiger partial charge on any atom is 0.222 e. The molecule has 1 aromatic carbocycles. The van der Waals surface area contributed by atoms with Gasteiger partial charge in [0.05, 0.1) is 17.4 Å². The Morgan fingerprint density at radius 3 is 2.80 bits per heavy atom. The van der Waals surface area contributed by atoms with Crippen LogP contribution in [-0.4, -0.2) is 33.4 Å². The minimum atomic E-state index is 0.288. The van der Waals surface area contributed by atoms with E-state index in [9.17, 15) is 4.79 Å². The lowest BCUT2D eigenvalue weighted by Gasteiger charge is -2.32. The molecule has 106 valence electrons. The van der Waals surface area contributed by atoms with Crippen molar-refractivity contribution >= 4 is 16.9 Å². The highest BCUT2D eigenvalue weighted by Crippen LogP contribution is 2.22. The minimum Gasteiger partial charge on any atom is -0.343 e. The first kappa shape index (κ1) is 13.2. The molecule has 4 nitrogen and oxygen atoms in total. The summed E-state index contributed by atoms with van der Waals surface area (Å²) in [4.78, 5) is 18.1. The number of rotatable bonds is 3. The van der Waals surface area contributed by atoms with Crippen LogP contribution < -0.4 is 0 Å². The van der Waals surface area contributed by atoms with Gasteiger partial charge in [-0.25, -0.2) is 4.98 Å². The van der Waals surface area contributed by atoms with Gasteiger partial charge in [0.1, 0.15) is 0 Å². The fraction of sp³-hybridized carbons (Fsp3) is 0.500. The van der Waals surface area contributed by atoms with E-state index in [0.717, 1.165) is 38.0 Å². The van der Waals surface area contributed by atoms with Gasteiger partial charge in [-0.1, -0.05) is 19.1 Å².